The van der Waals surface area contributed by atoms with E-state index in [-0.39, 0.29) is 0 Å². The Kier molecular flexibility index (Phi) is 4.53. The van der Waals surface area contributed by atoms with E-state index in [1.54, 1.807) is 0 Å². The maximum absolute atomic E-state index is 4.47. The molecule has 4 nitrogen and oxygen atoms in total. The van der Waals surface area contributed by atoms with Crippen LogP contribution in [-0.4, -0.2) is 29.6 Å². The number of anilines is 1. The molecule has 0 bridgehead atoms. The Bertz CT molecular complexity index is 361. The van der Waals surface area contributed by atoms with Crippen LogP contribution in [0.4, 0.5) is 5.95 Å². The van der Waals surface area contributed by atoms with Crippen molar-refractivity contribution in [1.82, 2.24) is 15.3 Å². The number of hydrogen-bond donors (Lipinski definition) is 1. The second-order valence-corrected chi connectivity index (χ2v) is 5.76. The van der Waals surface area contributed by atoms with Crippen molar-refractivity contribution in [3.63, 3.8) is 0 Å². The third-order valence-corrected chi connectivity index (χ3v) is 3.28. The molecule has 0 amide bonds. The Morgan fingerprint density at radius 2 is 2.11 bits per heavy atom. The molecule has 18 heavy (non-hydrogen) atoms. The predicted molar refractivity (Wildman–Crippen MR) is 74.6 cm³/mol. The van der Waals surface area contributed by atoms with Gasteiger partial charge in [-0.3, -0.25) is 0 Å². The van der Waals surface area contributed by atoms with Crippen molar-refractivity contribution >= 4 is 5.95 Å². The predicted octanol–water partition coefficient (Wildman–Crippen LogP) is 2.07. The van der Waals surface area contributed by atoms with Gasteiger partial charge in [-0.2, -0.15) is 0 Å². The van der Waals surface area contributed by atoms with Gasteiger partial charge in [-0.25, -0.2) is 9.97 Å². The maximum atomic E-state index is 4.47. The molecule has 2 rings (SSSR count). The largest absolute Gasteiger partial charge is 0.341 e. The van der Waals surface area contributed by atoms with E-state index in [0.717, 1.165) is 43.6 Å². The zero-order valence-corrected chi connectivity index (χ0v) is 11.7. The lowest BCUT2D eigenvalue weighted by atomic mass is 10.2. The van der Waals surface area contributed by atoms with Crippen molar-refractivity contribution in [2.75, 3.05) is 24.5 Å². The minimum absolute atomic E-state index is 0.677. The first kappa shape index (κ1) is 13.3. The molecule has 1 aromatic rings. The molecule has 1 unspecified atom stereocenters. The van der Waals surface area contributed by atoms with Gasteiger partial charge >= 0.3 is 0 Å². The van der Waals surface area contributed by atoms with Crippen LogP contribution in [0.1, 0.15) is 32.8 Å². The van der Waals surface area contributed by atoms with Crippen molar-refractivity contribution in [2.45, 2.75) is 33.7 Å². The molecule has 1 aromatic heterocycles. The van der Waals surface area contributed by atoms with Crippen molar-refractivity contribution in [3.05, 3.63) is 18.0 Å². The summed E-state index contributed by atoms with van der Waals surface area (Å²) in [6.45, 7) is 10.8. The zero-order chi connectivity index (χ0) is 13.0. The molecule has 4 heteroatoms. The Morgan fingerprint density at radius 3 is 2.67 bits per heavy atom. The number of nitrogens with one attached hydrogen (secondary N) is 1. The van der Waals surface area contributed by atoms with E-state index < -0.39 is 0 Å². The summed E-state index contributed by atoms with van der Waals surface area (Å²) >= 11 is 0. The van der Waals surface area contributed by atoms with E-state index in [2.05, 4.69) is 41.0 Å². The molecule has 1 atom stereocenters. The van der Waals surface area contributed by atoms with Gasteiger partial charge in [-0.15, -0.1) is 0 Å². The van der Waals surface area contributed by atoms with E-state index in [1.807, 2.05) is 12.4 Å². The topological polar surface area (TPSA) is 41.1 Å². The smallest absolute Gasteiger partial charge is 0.225 e. The van der Waals surface area contributed by atoms with E-state index >= 15 is 0 Å². The fourth-order valence-corrected chi connectivity index (χ4v) is 2.22. The molecule has 1 saturated heterocycles. The minimum Gasteiger partial charge on any atom is -0.341 e. The summed E-state index contributed by atoms with van der Waals surface area (Å²) in [6.07, 6.45) is 5.14. The molecule has 1 fully saturated rings. The van der Waals surface area contributed by atoms with Crippen molar-refractivity contribution in [3.8, 4) is 0 Å². The molecule has 1 N–H and O–H groups in total. The van der Waals surface area contributed by atoms with Gasteiger partial charge in [0, 0.05) is 37.6 Å². The Balaban J connectivity index is 1.85. The van der Waals surface area contributed by atoms with Crippen LogP contribution >= 0.6 is 0 Å². The first-order chi connectivity index (χ1) is 8.65. The van der Waals surface area contributed by atoms with Crippen LogP contribution in [0.25, 0.3) is 0 Å². The average Bonchev–Trinajstić information content (AvgIpc) is 2.76. The lowest BCUT2D eigenvalue weighted by Gasteiger charge is -2.15. The highest BCUT2D eigenvalue weighted by Gasteiger charge is 2.20. The minimum atomic E-state index is 0.677. The zero-order valence-electron chi connectivity index (χ0n) is 11.7. The van der Waals surface area contributed by atoms with Crippen molar-refractivity contribution in [1.29, 1.82) is 0 Å². The lowest BCUT2D eigenvalue weighted by Crippen LogP contribution is -2.22. The summed E-state index contributed by atoms with van der Waals surface area (Å²) in [5.41, 5.74) is 1.16. The normalized spacial score (nSPS) is 19.8. The second-order valence-electron chi connectivity index (χ2n) is 5.76. The SMILES string of the molecule is CC(C)CNCc1cnc(N2CCC(C)C2)nc1. The maximum Gasteiger partial charge on any atom is 0.225 e. The molecule has 1 aliphatic heterocycles. The molecule has 0 saturated carbocycles. The van der Waals surface area contributed by atoms with Gasteiger partial charge < -0.3 is 10.2 Å². The van der Waals surface area contributed by atoms with Gasteiger partial charge in [0.15, 0.2) is 0 Å². The number of rotatable bonds is 5. The van der Waals surface area contributed by atoms with Crippen molar-refractivity contribution in [2.24, 2.45) is 11.8 Å². The molecule has 0 aliphatic carbocycles. The first-order valence-corrected chi connectivity index (χ1v) is 6.91. The van der Waals surface area contributed by atoms with E-state index in [1.165, 1.54) is 6.42 Å². The van der Waals surface area contributed by atoms with Gasteiger partial charge in [0.1, 0.15) is 0 Å². The second kappa shape index (κ2) is 6.14. The summed E-state index contributed by atoms with van der Waals surface area (Å²) in [5.74, 6) is 2.32. The molecular weight excluding hydrogens is 224 g/mol. The van der Waals surface area contributed by atoms with Gasteiger partial charge in [0.05, 0.1) is 0 Å². The molecular formula is C14H24N4. The van der Waals surface area contributed by atoms with Crippen LogP contribution in [0.2, 0.25) is 0 Å². The van der Waals surface area contributed by atoms with Gasteiger partial charge in [-0.05, 0) is 24.8 Å². The standard InChI is InChI=1S/C14H24N4/c1-11(2)6-15-7-13-8-16-14(17-9-13)18-5-4-12(3)10-18/h8-9,11-12,15H,4-7,10H2,1-3H3. The summed E-state index contributed by atoms with van der Waals surface area (Å²) < 4.78 is 0. The quantitative estimate of drug-likeness (QED) is 0.866. The van der Waals surface area contributed by atoms with Crippen LogP contribution in [0, 0.1) is 11.8 Å². The van der Waals surface area contributed by atoms with Gasteiger partial charge in [-0.1, -0.05) is 20.8 Å². The van der Waals surface area contributed by atoms with Crippen molar-refractivity contribution < 1.29 is 0 Å². The van der Waals surface area contributed by atoms with Crippen LogP contribution in [0.3, 0.4) is 0 Å². The molecule has 100 valence electrons. The monoisotopic (exact) mass is 248 g/mol. The summed E-state index contributed by atoms with van der Waals surface area (Å²) in [4.78, 5) is 11.2. The Morgan fingerprint density at radius 1 is 1.39 bits per heavy atom. The van der Waals surface area contributed by atoms with Crippen LogP contribution in [0.15, 0.2) is 12.4 Å². The number of aromatic nitrogens is 2. The fraction of sp³-hybridized carbons (Fsp3) is 0.714. The molecule has 0 spiro atoms. The number of nitrogens with zero attached hydrogens (tertiary/aromatic N) is 3. The Hall–Kier alpha value is -1.16. The average molecular weight is 248 g/mol. The van der Waals surface area contributed by atoms with Crippen LogP contribution in [0.5, 0.6) is 0 Å². The van der Waals surface area contributed by atoms with E-state index in [9.17, 15) is 0 Å². The first-order valence-electron chi connectivity index (χ1n) is 6.91. The Labute approximate surface area is 110 Å². The lowest BCUT2D eigenvalue weighted by molar-refractivity contribution is 0.551. The van der Waals surface area contributed by atoms with Gasteiger partial charge in [0.2, 0.25) is 5.95 Å². The third kappa shape index (κ3) is 3.67. The molecule has 1 aliphatic rings. The van der Waals surface area contributed by atoms with E-state index in [4.69, 9.17) is 0 Å². The van der Waals surface area contributed by atoms with E-state index in [0.29, 0.717) is 5.92 Å². The number of hydrogen-bond acceptors (Lipinski definition) is 4. The van der Waals surface area contributed by atoms with Crippen LogP contribution < -0.4 is 10.2 Å². The molecule has 0 aromatic carbocycles. The highest BCUT2D eigenvalue weighted by molar-refractivity contribution is 5.31. The van der Waals surface area contributed by atoms with Gasteiger partial charge in [0.25, 0.3) is 0 Å². The fourth-order valence-electron chi connectivity index (χ4n) is 2.22. The van der Waals surface area contributed by atoms with Crippen LogP contribution in [-0.2, 0) is 6.54 Å². The highest BCUT2D eigenvalue weighted by Crippen LogP contribution is 2.19. The highest BCUT2D eigenvalue weighted by atomic mass is 15.3. The summed E-state index contributed by atoms with van der Waals surface area (Å²) in [5, 5.41) is 3.40. The molecule has 2 heterocycles. The summed E-state index contributed by atoms with van der Waals surface area (Å²) in [6, 6.07) is 0. The summed E-state index contributed by atoms with van der Waals surface area (Å²) in [7, 11) is 0. The molecule has 0 radical (unpaired) electrons. The third-order valence-electron chi connectivity index (χ3n) is 3.28.